The molecule has 2 aromatic carbocycles. The Morgan fingerprint density at radius 2 is 1.65 bits per heavy atom. The lowest BCUT2D eigenvalue weighted by molar-refractivity contribution is 0.0977. The Balaban J connectivity index is 1.73. The Hall–Kier alpha value is -3.53. The molecule has 1 saturated carbocycles. The molecular weight excluding hydrogens is 458 g/mol. The van der Waals surface area contributed by atoms with Gasteiger partial charge >= 0.3 is 6.09 Å². The highest BCUT2D eigenvalue weighted by atomic mass is 32.1. The Bertz CT molecular complexity index is 1030. The molecule has 182 valence electrons. The van der Waals surface area contributed by atoms with E-state index in [1.165, 1.54) is 38.4 Å². The molecular formula is C24H29N3O6S. The van der Waals surface area contributed by atoms with Gasteiger partial charge < -0.3 is 24.6 Å². The molecule has 0 aliphatic heterocycles. The normalized spacial score (nSPS) is 13.5. The number of hydrogen-bond donors (Lipinski definition) is 3. The Kier molecular flexibility index (Phi) is 8.53. The van der Waals surface area contributed by atoms with Crippen LogP contribution in [0.4, 0.5) is 16.2 Å². The molecule has 0 bridgehead atoms. The molecule has 0 aromatic heterocycles. The second kappa shape index (κ2) is 11.6. The van der Waals surface area contributed by atoms with Crippen LogP contribution >= 0.6 is 12.2 Å². The van der Waals surface area contributed by atoms with Crippen molar-refractivity contribution < 1.29 is 28.9 Å². The first kappa shape index (κ1) is 25.1. The molecule has 0 radical (unpaired) electrons. The average molecular weight is 488 g/mol. The second-order valence-electron chi connectivity index (χ2n) is 7.82. The quantitative estimate of drug-likeness (QED) is 0.484. The molecule has 1 aliphatic rings. The van der Waals surface area contributed by atoms with Crippen LogP contribution in [0, 0.1) is 0 Å². The van der Waals surface area contributed by atoms with E-state index < -0.39 is 12.0 Å². The van der Waals surface area contributed by atoms with Crippen LogP contribution in [0.5, 0.6) is 17.2 Å². The van der Waals surface area contributed by atoms with E-state index in [1.807, 2.05) is 0 Å². The van der Waals surface area contributed by atoms with Gasteiger partial charge in [0, 0.05) is 23.0 Å². The lowest BCUT2D eigenvalue weighted by Gasteiger charge is -2.32. The van der Waals surface area contributed by atoms with E-state index in [-0.39, 0.29) is 16.7 Å². The van der Waals surface area contributed by atoms with Gasteiger partial charge in [0.15, 0.2) is 16.6 Å². The summed E-state index contributed by atoms with van der Waals surface area (Å²) in [6.07, 6.45) is 3.86. The third-order valence-corrected chi connectivity index (χ3v) is 5.89. The summed E-state index contributed by atoms with van der Waals surface area (Å²) in [4.78, 5) is 26.2. The maximum Gasteiger partial charge on any atom is 0.412 e. The second-order valence-corrected chi connectivity index (χ2v) is 8.23. The van der Waals surface area contributed by atoms with E-state index in [1.54, 1.807) is 24.3 Å². The number of carbonyl (C=O) groups excluding carboxylic acids is 1. The van der Waals surface area contributed by atoms with Gasteiger partial charge in [-0.25, -0.2) is 4.79 Å². The van der Waals surface area contributed by atoms with Gasteiger partial charge in [-0.1, -0.05) is 25.3 Å². The lowest BCUT2D eigenvalue weighted by atomic mass is 9.94. The van der Waals surface area contributed by atoms with Gasteiger partial charge in [0.05, 0.1) is 21.3 Å². The molecule has 10 heteroatoms. The summed E-state index contributed by atoms with van der Waals surface area (Å²) in [5.74, 6) is 0.590. The molecule has 0 atom stereocenters. The molecule has 34 heavy (non-hydrogen) atoms. The van der Waals surface area contributed by atoms with Gasteiger partial charge in [0.25, 0.3) is 5.91 Å². The van der Waals surface area contributed by atoms with Crippen molar-refractivity contribution in [3.05, 3.63) is 42.0 Å². The Morgan fingerprint density at radius 3 is 2.21 bits per heavy atom. The molecule has 1 fully saturated rings. The Labute approximate surface area is 204 Å². The number of thiocarbonyl (C=S) groups is 1. The van der Waals surface area contributed by atoms with Crippen molar-refractivity contribution in [1.82, 2.24) is 5.32 Å². The summed E-state index contributed by atoms with van der Waals surface area (Å²) in [5, 5.41) is 15.4. The SMILES string of the molecule is COc1cc(C(=O)NC(=S)Nc2cccc(N(C(=O)O)C3CCCCC3)c2)cc(OC)c1OC. The number of amides is 2. The fourth-order valence-corrected chi connectivity index (χ4v) is 4.31. The Morgan fingerprint density at radius 1 is 1.00 bits per heavy atom. The number of carboxylic acid groups (broad SMARTS) is 1. The number of nitrogens with zero attached hydrogens (tertiary/aromatic N) is 1. The van der Waals surface area contributed by atoms with Gasteiger partial charge in [-0.05, 0) is 55.4 Å². The minimum atomic E-state index is -0.984. The molecule has 3 rings (SSSR count). The zero-order chi connectivity index (χ0) is 24.7. The molecule has 0 saturated heterocycles. The van der Waals surface area contributed by atoms with Crippen LogP contribution in [0.15, 0.2) is 36.4 Å². The van der Waals surface area contributed by atoms with Crippen LogP contribution in [-0.4, -0.2) is 49.6 Å². The number of nitrogens with one attached hydrogen (secondary N) is 2. The number of hydrogen-bond acceptors (Lipinski definition) is 6. The lowest BCUT2D eigenvalue weighted by Crippen LogP contribution is -2.40. The van der Waals surface area contributed by atoms with Crippen LogP contribution in [0.2, 0.25) is 0 Å². The summed E-state index contributed by atoms with van der Waals surface area (Å²) in [7, 11) is 4.41. The molecule has 0 spiro atoms. The summed E-state index contributed by atoms with van der Waals surface area (Å²) in [6, 6.07) is 9.96. The number of carbonyl (C=O) groups is 2. The average Bonchev–Trinajstić information content (AvgIpc) is 2.83. The smallest absolute Gasteiger partial charge is 0.412 e. The fourth-order valence-electron chi connectivity index (χ4n) is 4.10. The molecule has 3 N–H and O–H groups in total. The van der Waals surface area contributed by atoms with E-state index in [9.17, 15) is 14.7 Å². The first-order chi connectivity index (χ1) is 16.4. The third-order valence-electron chi connectivity index (χ3n) is 5.68. The molecule has 0 unspecified atom stereocenters. The topological polar surface area (TPSA) is 109 Å². The van der Waals surface area contributed by atoms with E-state index in [0.29, 0.717) is 28.6 Å². The van der Waals surface area contributed by atoms with E-state index in [0.717, 1.165) is 32.1 Å². The zero-order valence-corrected chi connectivity index (χ0v) is 20.2. The largest absolute Gasteiger partial charge is 0.493 e. The minimum Gasteiger partial charge on any atom is -0.493 e. The van der Waals surface area contributed by atoms with E-state index >= 15 is 0 Å². The highest BCUT2D eigenvalue weighted by Gasteiger charge is 2.26. The fraction of sp³-hybridized carbons (Fsp3) is 0.375. The van der Waals surface area contributed by atoms with Crippen molar-refractivity contribution in [2.45, 2.75) is 38.1 Å². The molecule has 0 heterocycles. The molecule has 9 nitrogen and oxygen atoms in total. The molecule has 2 aromatic rings. The predicted octanol–water partition coefficient (Wildman–Crippen LogP) is 4.66. The van der Waals surface area contributed by atoms with Crippen LogP contribution in [-0.2, 0) is 0 Å². The standard InChI is InChI=1S/C24H29N3O6S/c1-31-19-12-15(13-20(32-2)21(19)33-3)22(28)26-23(34)25-16-8-7-11-18(14-16)27(24(29)30)17-9-5-4-6-10-17/h7-8,11-14,17H,4-6,9-10H2,1-3H3,(H,29,30)(H2,25,26,28,34). The first-order valence-electron chi connectivity index (χ1n) is 10.9. The van der Waals surface area contributed by atoms with E-state index in [2.05, 4.69) is 10.6 Å². The number of ether oxygens (including phenoxy) is 3. The van der Waals surface area contributed by atoms with Crippen molar-refractivity contribution >= 4 is 40.7 Å². The number of benzene rings is 2. The maximum absolute atomic E-state index is 12.8. The number of methoxy groups -OCH3 is 3. The van der Waals surface area contributed by atoms with Crippen LogP contribution in [0.3, 0.4) is 0 Å². The predicted molar refractivity (Wildman–Crippen MR) is 134 cm³/mol. The van der Waals surface area contributed by atoms with Crippen molar-refractivity contribution in [2.24, 2.45) is 0 Å². The zero-order valence-electron chi connectivity index (χ0n) is 19.4. The summed E-state index contributed by atoms with van der Waals surface area (Å²) < 4.78 is 15.9. The van der Waals surface area contributed by atoms with Gasteiger partial charge in [-0.2, -0.15) is 0 Å². The summed E-state index contributed by atoms with van der Waals surface area (Å²) >= 11 is 5.31. The van der Waals surface area contributed by atoms with Crippen molar-refractivity contribution in [1.29, 1.82) is 0 Å². The van der Waals surface area contributed by atoms with Gasteiger partial charge in [-0.3, -0.25) is 15.0 Å². The minimum absolute atomic E-state index is 0.0480. The van der Waals surface area contributed by atoms with Crippen molar-refractivity contribution in [3.63, 3.8) is 0 Å². The van der Waals surface area contributed by atoms with Gasteiger partial charge in [0.2, 0.25) is 5.75 Å². The van der Waals surface area contributed by atoms with Crippen molar-refractivity contribution in [3.8, 4) is 17.2 Å². The summed E-state index contributed by atoms with van der Waals surface area (Å²) in [6.45, 7) is 0. The van der Waals surface area contributed by atoms with Crippen LogP contribution < -0.4 is 29.7 Å². The monoisotopic (exact) mass is 487 g/mol. The van der Waals surface area contributed by atoms with Crippen molar-refractivity contribution in [2.75, 3.05) is 31.5 Å². The highest BCUT2D eigenvalue weighted by Crippen LogP contribution is 2.38. The maximum atomic E-state index is 12.8. The molecule has 1 aliphatic carbocycles. The van der Waals surface area contributed by atoms with Crippen LogP contribution in [0.25, 0.3) is 0 Å². The van der Waals surface area contributed by atoms with Gasteiger partial charge in [-0.15, -0.1) is 0 Å². The number of anilines is 2. The van der Waals surface area contributed by atoms with Crippen LogP contribution in [0.1, 0.15) is 42.5 Å². The summed E-state index contributed by atoms with van der Waals surface area (Å²) in [5.41, 5.74) is 1.39. The molecule has 2 amide bonds. The van der Waals surface area contributed by atoms with E-state index in [4.69, 9.17) is 26.4 Å². The number of rotatable bonds is 7. The third kappa shape index (κ3) is 5.88. The highest BCUT2D eigenvalue weighted by molar-refractivity contribution is 7.80. The first-order valence-corrected chi connectivity index (χ1v) is 11.3. The van der Waals surface area contributed by atoms with Gasteiger partial charge in [0.1, 0.15) is 0 Å².